The molecule has 5 N–H and O–H groups in total. The molecule has 102 valence electrons. The molecule has 0 aromatic heterocycles. The molecule has 8 heteroatoms. The summed E-state index contributed by atoms with van der Waals surface area (Å²) >= 11 is 0. The van der Waals surface area contributed by atoms with Crippen LogP contribution in [-0.2, 0) is 6.54 Å². The average Bonchev–Trinajstić information content (AvgIpc) is 2.41. The molecule has 0 radical (unpaired) electrons. The number of hydrogen-bond donors (Lipinski definition) is 4. The van der Waals surface area contributed by atoms with Crippen molar-refractivity contribution < 1.29 is 4.79 Å². The van der Waals surface area contributed by atoms with Crippen molar-refractivity contribution in [3.8, 4) is 6.07 Å². The predicted octanol–water partition coefficient (Wildman–Crippen LogP) is 0.891. The topological polar surface area (TPSA) is 130 Å². The fourth-order valence-corrected chi connectivity index (χ4v) is 1.76. The number of benzene rings is 1. The number of nitrogens with one attached hydrogen (secondary N) is 3. The van der Waals surface area contributed by atoms with Gasteiger partial charge in [0.25, 0.3) is 0 Å². The van der Waals surface area contributed by atoms with Gasteiger partial charge in [-0.05, 0) is 12.1 Å². The monoisotopic (exact) mass is 271 g/mol. The van der Waals surface area contributed by atoms with Crippen molar-refractivity contribution in [1.29, 1.82) is 10.7 Å². The second kappa shape index (κ2) is 5.27. The van der Waals surface area contributed by atoms with Crippen LogP contribution >= 0.6 is 0 Å². The van der Waals surface area contributed by atoms with Gasteiger partial charge in [-0.15, -0.1) is 0 Å². The Labute approximate surface area is 115 Å². The highest BCUT2D eigenvalue weighted by Gasteiger charge is 2.21. The smallest absolute Gasteiger partial charge is 0.321 e. The molecule has 0 atom stereocenters. The number of hydrogen-bond acceptors (Lipinski definition) is 5. The minimum absolute atomic E-state index is 0.181. The van der Waals surface area contributed by atoms with Gasteiger partial charge >= 0.3 is 6.03 Å². The highest BCUT2D eigenvalue weighted by molar-refractivity contribution is 6.45. The summed E-state index contributed by atoms with van der Waals surface area (Å²) < 4.78 is 0. The highest BCUT2D eigenvalue weighted by Crippen LogP contribution is 2.29. The molecule has 2 rings (SSSR count). The number of nitrogens with two attached hydrogens (primary N) is 1. The van der Waals surface area contributed by atoms with Crippen LogP contribution < -0.4 is 16.5 Å². The van der Waals surface area contributed by atoms with Crippen molar-refractivity contribution in [2.24, 2.45) is 10.8 Å². The normalized spacial score (nSPS) is 14.1. The first-order chi connectivity index (χ1) is 9.52. The van der Waals surface area contributed by atoms with Gasteiger partial charge in [0.1, 0.15) is 6.07 Å². The Morgan fingerprint density at radius 1 is 1.65 bits per heavy atom. The molecule has 0 fully saturated rings. The molecule has 20 heavy (non-hydrogen) atoms. The van der Waals surface area contributed by atoms with Gasteiger partial charge in [0.05, 0.1) is 12.2 Å². The number of amides is 2. The van der Waals surface area contributed by atoms with E-state index in [2.05, 4.69) is 15.8 Å². The average molecular weight is 271 g/mol. The van der Waals surface area contributed by atoms with Gasteiger partial charge in [0.2, 0.25) is 5.71 Å². The maximum atomic E-state index is 11.5. The summed E-state index contributed by atoms with van der Waals surface area (Å²) in [4.78, 5) is 13.1. The minimum atomic E-state index is -0.407. The number of fused-ring (bicyclic) bond motifs is 1. The fraction of sp³-hybridized carbons (Fsp3) is 0.167. The van der Waals surface area contributed by atoms with E-state index in [0.29, 0.717) is 17.9 Å². The zero-order valence-electron chi connectivity index (χ0n) is 10.8. The van der Waals surface area contributed by atoms with E-state index in [1.165, 1.54) is 4.90 Å². The lowest BCUT2D eigenvalue weighted by Gasteiger charge is -2.27. The Balaban J connectivity index is 2.31. The summed E-state index contributed by atoms with van der Waals surface area (Å²) in [5, 5.41) is 22.5. The maximum absolute atomic E-state index is 11.5. The van der Waals surface area contributed by atoms with E-state index < -0.39 is 5.84 Å². The number of rotatable bonds is 3. The second-order valence-electron chi connectivity index (χ2n) is 4.22. The number of hydrazone groups is 1. The van der Waals surface area contributed by atoms with Crippen molar-refractivity contribution in [2.75, 3.05) is 17.8 Å². The quantitative estimate of drug-likeness (QED) is 0.369. The van der Waals surface area contributed by atoms with Gasteiger partial charge in [-0.3, -0.25) is 10.8 Å². The summed E-state index contributed by atoms with van der Waals surface area (Å²) in [5.74, 6) is -0.407. The summed E-state index contributed by atoms with van der Waals surface area (Å²) in [6.45, 7) is 0.418. The molecule has 0 saturated carbocycles. The number of anilines is 2. The molecule has 8 nitrogen and oxygen atoms in total. The molecule has 0 unspecified atom stereocenters. The SMILES string of the molecule is CN1Cc2c(N/N=C(\C#N)C(=N)N)cccc2NC1=O. The molecule has 0 bridgehead atoms. The predicted molar refractivity (Wildman–Crippen MR) is 75.5 cm³/mol. The van der Waals surface area contributed by atoms with Crippen LogP contribution in [0.4, 0.5) is 16.2 Å². The van der Waals surface area contributed by atoms with E-state index in [1.807, 2.05) is 0 Å². The lowest BCUT2D eigenvalue weighted by atomic mass is 10.1. The van der Waals surface area contributed by atoms with Crippen LogP contribution in [0.2, 0.25) is 0 Å². The third-order valence-electron chi connectivity index (χ3n) is 2.81. The Morgan fingerprint density at radius 3 is 3.05 bits per heavy atom. The van der Waals surface area contributed by atoms with Crippen LogP contribution in [0.15, 0.2) is 23.3 Å². The number of nitrogens with zero attached hydrogens (tertiary/aromatic N) is 3. The van der Waals surface area contributed by atoms with E-state index in [9.17, 15) is 4.79 Å². The number of carbonyl (C=O) groups excluding carboxylic acids is 1. The molecular weight excluding hydrogens is 258 g/mol. The van der Waals surface area contributed by atoms with Crippen LogP contribution in [0.3, 0.4) is 0 Å². The first-order valence-corrected chi connectivity index (χ1v) is 5.75. The van der Waals surface area contributed by atoms with Gasteiger partial charge in [0, 0.05) is 18.3 Å². The Kier molecular flexibility index (Phi) is 3.52. The van der Waals surface area contributed by atoms with Crippen LogP contribution in [0.1, 0.15) is 5.56 Å². The van der Waals surface area contributed by atoms with E-state index in [0.717, 1.165) is 5.56 Å². The molecule has 0 aliphatic carbocycles. The summed E-state index contributed by atoms with van der Waals surface area (Å²) in [7, 11) is 1.68. The number of nitriles is 1. The molecular formula is C12H13N7O. The molecule has 1 aliphatic heterocycles. The second-order valence-corrected chi connectivity index (χ2v) is 4.22. The largest absolute Gasteiger partial charge is 0.382 e. The van der Waals surface area contributed by atoms with E-state index >= 15 is 0 Å². The van der Waals surface area contributed by atoms with Gasteiger partial charge in [-0.2, -0.15) is 10.4 Å². The maximum Gasteiger partial charge on any atom is 0.321 e. The van der Waals surface area contributed by atoms with Crippen molar-refractivity contribution >= 4 is 29.0 Å². The van der Waals surface area contributed by atoms with Gasteiger partial charge in [-0.1, -0.05) is 6.07 Å². The van der Waals surface area contributed by atoms with Crippen LogP contribution in [-0.4, -0.2) is 29.5 Å². The number of carbonyl (C=O) groups is 1. The molecule has 1 aromatic carbocycles. The van der Waals surface area contributed by atoms with Crippen molar-refractivity contribution in [3.63, 3.8) is 0 Å². The van der Waals surface area contributed by atoms with Crippen molar-refractivity contribution in [2.45, 2.75) is 6.54 Å². The Bertz CT molecular complexity index is 644. The van der Waals surface area contributed by atoms with Crippen molar-refractivity contribution in [1.82, 2.24) is 4.90 Å². The first kappa shape index (κ1) is 13.4. The minimum Gasteiger partial charge on any atom is -0.382 e. The summed E-state index contributed by atoms with van der Waals surface area (Å²) in [6, 6.07) is 6.85. The molecule has 1 aliphatic rings. The fourth-order valence-electron chi connectivity index (χ4n) is 1.76. The van der Waals surface area contributed by atoms with E-state index in [-0.39, 0.29) is 11.7 Å². The third kappa shape index (κ3) is 2.51. The molecule has 1 heterocycles. The van der Waals surface area contributed by atoms with E-state index in [4.69, 9.17) is 16.4 Å². The number of amidine groups is 1. The van der Waals surface area contributed by atoms with Crippen LogP contribution in [0.25, 0.3) is 0 Å². The van der Waals surface area contributed by atoms with Crippen LogP contribution in [0, 0.1) is 16.7 Å². The standard InChI is InChI=1S/C12H13N7O/c1-19-6-7-8(16-12(19)20)3-2-4-9(7)17-18-10(5-13)11(14)15/h2-4,17H,6H2,1H3,(H3,14,15)(H,16,20)/b18-10+. The van der Waals surface area contributed by atoms with Gasteiger partial charge < -0.3 is 16.0 Å². The summed E-state index contributed by atoms with van der Waals surface area (Å²) in [6.07, 6.45) is 0. The zero-order valence-corrected chi connectivity index (χ0v) is 10.8. The molecule has 2 amide bonds. The Hall–Kier alpha value is -3.08. The third-order valence-corrected chi connectivity index (χ3v) is 2.81. The molecule has 1 aromatic rings. The zero-order chi connectivity index (χ0) is 14.7. The lowest BCUT2D eigenvalue weighted by Crippen LogP contribution is -2.35. The number of urea groups is 1. The van der Waals surface area contributed by atoms with Gasteiger partial charge in [0.15, 0.2) is 5.84 Å². The molecule has 0 saturated heterocycles. The molecule has 0 spiro atoms. The Morgan fingerprint density at radius 2 is 2.40 bits per heavy atom. The van der Waals surface area contributed by atoms with Crippen LogP contribution in [0.5, 0.6) is 0 Å². The highest BCUT2D eigenvalue weighted by atomic mass is 16.2. The van der Waals surface area contributed by atoms with Gasteiger partial charge in [-0.25, -0.2) is 4.79 Å². The first-order valence-electron chi connectivity index (χ1n) is 5.75. The summed E-state index contributed by atoms with van der Waals surface area (Å²) in [5.41, 5.74) is 9.90. The van der Waals surface area contributed by atoms with E-state index in [1.54, 1.807) is 31.3 Å². The van der Waals surface area contributed by atoms with Crippen molar-refractivity contribution in [3.05, 3.63) is 23.8 Å². The lowest BCUT2D eigenvalue weighted by molar-refractivity contribution is 0.218.